The molecule has 0 heterocycles. The molecule has 0 aliphatic carbocycles. The maximum absolute atomic E-state index is 8.93. The monoisotopic (exact) mass is 552 g/mol. The van der Waals surface area contributed by atoms with Crippen LogP contribution in [0.25, 0.3) is 0 Å². The van der Waals surface area contributed by atoms with Gasteiger partial charge in [-0.05, 0) is 0 Å². The predicted octanol–water partition coefficient (Wildman–Crippen LogP) is -6.34. The molecule has 0 saturated carbocycles. The molecule has 0 aliphatic rings. The van der Waals surface area contributed by atoms with Crippen LogP contribution >= 0.6 is 0 Å². The molecule has 0 fully saturated rings. The fraction of sp³-hybridized carbons (Fsp3) is 1.00. The van der Waals surface area contributed by atoms with Crippen molar-refractivity contribution in [2.75, 3.05) is 66.1 Å². The third-order valence-electron chi connectivity index (χ3n) is 0. The van der Waals surface area contributed by atoms with Gasteiger partial charge in [0.25, 0.3) is 0 Å². The third kappa shape index (κ3) is 46100. The molecule has 0 saturated heterocycles. The first-order valence-corrected chi connectivity index (χ1v) is 9.96. The summed E-state index contributed by atoms with van der Waals surface area (Å²) in [6.07, 6.45) is 0. The molecule has 0 unspecified atom stereocenters. The molecule has 2 radical (unpaired) electrons. The fourth-order valence-electron chi connectivity index (χ4n) is 0. The summed E-state index contributed by atoms with van der Waals surface area (Å²) in [6, 6.07) is 0. The zero-order chi connectivity index (χ0) is 27.1. The van der Waals surface area contributed by atoms with E-state index in [-0.39, 0.29) is 103 Å². The molecule has 0 rings (SSSR count). The summed E-state index contributed by atoms with van der Waals surface area (Å²) in [5, 5.41) is 89.3. The molecule has 0 aromatic carbocycles. The Kier molecular flexibility index (Phi) is 621. The Bertz CT molecular complexity index is 71.6. The van der Waals surface area contributed by atoms with Crippen molar-refractivity contribution in [3.63, 3.8) is 0 Å². The Hall–Kier alpha value is 0.769. The van der Waals surface area contributed by atoms with E-state index in [1.807, 2.05) is 0 Å². The molecule has 210 valence electrons. The van der Waals surface area contributed by atoms with Crippen molar-refractivity contribution in [1.29, 1.82) is 0 Å². The molecular weight excluding hydrogens is 502 g/mol. The van der Waals surface area contributed by atoms with Gasteiger partial charge >= 0.3 is 0 Å². The van der Waals surface area contributed by atoms with Gasteiger partial charge in [0.1, 0.15) is 0 Å². The fourth-order valence-corrected chi connectivity index (χ4v) is 0. The minimum absolute atomic E-state index is 0. The quantitative estimate of drug-likeness (QED) is 0.276. The SMILES string of the molecule is CC[O-].CC[O-].CC[O-].CC[O-].CC[O-].CC[O-].CC[O-].CC[O-].CC[O-].CC[O-].[V].[V]. The van der Waals surface area contributed by atoms with Crippen molar-refractivity contribution in [3.05, 3.63) is 0 Å². The summed E-state index contributed by atoms with van der Waals surface area (Å²) in [6.45, 7) is 15.7. The van der Waals surface area contributed by atoms with E-state index in [1.54, 1.807) is 69.2 Å². The van der Waals surface area contributed by atoms with Gasteiger partial charge in [0, 0.05) is 37.1 Å². The van der Waals surface area contributed by atoms with E-state index < -0.39 is 0 Å². The van der Waals surface area contributed by atoms with E-state index in [1.165, 1.54) is 0 Å². The molecule has 0 bridgehead atoms. The largest absolute Gasteiger partial charge is 0.855 e. The Balaban J connectivity index is -0.0000000138. The number of hydrogen-bond acceptors (Lipinski definition) is 10. The number of rotatable bonds is 0. The first kappa shape index (κ1) is 76.7. The summed E-state index contributed by atoms with van der Waals surface area (Å²) in [5.74, 6) is 0. The molecule has 32 heavy (non-hydrogen) atoms. The van der Waals surface area contributed by atoms with Crippen molar-refractivity contribution < 1.29 is 88.2 Å². The van der Waals surface area contributed by atoms with Gasteiger partial charge in [-0.15, -0.1) is 66.1 Å². The van der Waals surface area contributed by atoms with Crippen LogP contribution in [0.4, 0.5) is 0 Å². The minimum atomic E-state index is 0. The number of hydrogen-bond donors (Lipinski definition) is 0. The van der Waals surface area contributed by atoms with Gasteiger partial charge in [-0.1, -0.05) is 69.2 Å². The van der Waals surface area contributed by atoms with Crippen LogP contribution < -0.4 is 51.1 Å². The molecule has 0 aromatic heterocycles. The van der Waals surface area contributed by atoms with Crippen LogP contribution in [0.3, 0.4) is 0 Å². The van der Waals surface area contributed by atoms with Crippen LogP contribution in [0.1, 0.15) is 69.2 Å². The molecule has 12 heteroatoms. The van der Waals surface area contributed by atoms with Crippen molar-refractivity contribution >= 4 is 0 Å². The molecule has 0 spiro atoms. The van der Waals surface area contributed by atoms with Crippen LogP contribution in [0, 0.1) is 0 Å². The van der Waals surface area contributed by atoms with Crippen LogP contribution in [0.2, 0.25) is 0 Å². The van der Waals surface area contributed by atoms with E-state index in [0.29, 0.717) is 0 Å². The van der Waals surface area contributed by atoms with Gasteiger partial charge in [0.15, 0.2) is 0 Å². The standard InChI is InChI=1S/10C2H5O.2V/c10*1-2-3;;/h10*2H2,1H3;;/q10*-1;;. The Morgan fingerprint density at radius 3 is 0.219 bits per heavy atom. The van der Waals surface area contributed by atoms with Gasteiger partial charge in [-0.2, -0.15) is 0 Å². The second kappa shape index (κ2) is 259. The Labute approximate surface area is 223 Å². The zero-order valence-corrected chi connectivity index (χ0v) is 24.8. The van der Waals surface area contributed by atoms with Crippen molar-refractivity contribution in [2.45, 2.75) is 69.2 Å². The predicted molar refractivity (Wildman–Crippen MR) is 105 cm³/mol. The summed E-state index contributed by atoms with van der Waals surface area (Å²) in [5.41, 5.74) is 0. The van der Waals surface area contributed by atoms with Gasteiger partial charge in [0.05, 0.1) is 0 Å². The molecule has 0 aliphatic heterocycles. The molecule has 0 N–H and O–H groups in total. The molecule has 10 nitrogen and oxygen atoms in total. The van der Waals surface area contributed by atoms with E-state index in [4.69, 9.17) is 51.1 Å². The average molecular weight is 552 g/mol. The summed E-state index contributed by atoms with van der Waals surface area (Å²) in [4.78, 5) is 0. The molecule has 0 amide bonds. The average Bonchev–Trinajstić information content (AvgIpc) is 2.61. The first-order chi connectivity index (χ1) is 14.1. The van der Waals surface area contributed by atoms with Gasteiger partial charge in [-0.3, -0.25) is 0 Å². The second-order valence-electron chi connectivity index (χ2n) is 2.89. The van der Waals surface area contributed by atoms with Gasteiger partial charge in [-0.25, -0.2) is 0 Å². The maximum atomic E-state index is 8.93. The van der Waals surface area contributed by atoms with E-state index in [2.05, 4.69) is 0 Å². The van der Waals surface area contributed by atoms with Gasteiger partial charge < -0.3 is 51.1 Å². The van der Waals surface area contributed by atoms with Gasteiger partial charge in [0.2, 0.25) is 0 Å². The van der Waals surface area contributed by atoms with Crippen LogP contribution in [-0.4, -0.2) is 66.1 Å². The maximum Gasteiger partial charge on any atom is 0 e. The van der Waals surface area contributed by atoms with E-state index in [9.17, 15) is 0 Å². The Morgan fingerprint density at radius 1 is 0.219 bits per heavy atom. The third-order valence-corrected chi connectivity index (χ3v) is 0. The first-order valence-electron chi connectivity index (χ1n) is 9.96. The van der Waals surface area contributed by atoms with Crippen molar-refractivity contribution in [3.8, 4) is 0 Å². The molecule has 0 aromatic rings. The summed E-state index contributed by atoms with van der Waals surface area (Å²) < 4.78 is 0. The van der Waals surface area contributed by atoms with Crippen LogP contribution in [0.5, 0.6) is 0 Å². The Morgan fingerprint density at radius 2 is 0.219 bits per heavy atom. The molecular formula is C20H50O10V2-10. The summed E-state index contributed by atoms with van der Waals surface area (Å²) in [7, 11) is 0. The molecule has 0 atom stereocenters. The topological polar surface area (TPSA) is 231 Å². The van der Waals surface area contributed by atoms with Crippen LogP contribution in [-0.2, 0) is 37.1 Å². The second-order valence-corrected chi connectivity index (χ2v) is 2.89. The minimum Gasteiger partial charge on any atom is -0.855 e. The normalized spacial score (nSPS) is 5.62. The van der Waals surface area contributed by atoms with Crippen molar-refractivity contribution in [1.82, 2.24) is 0 Å². The zero-order valence-electron chi connectivity index (χ0n) is 22.0. The van der Waals surface area contributed by atoms with Crippen LogP contribution in [0.15, 0.2) is 0 Å². The van der Waals surface area contributed by atoms with Crippen molar-refractivity contribution in [2.24, 2.45) is 0 Å². The van der Waals surface area contributed by atoms with E-state index in [0.717, 1.165) is 0 Å². The van der Waals surface area contributed by atoms with E-state index >= 15 is 0 Å². The smallest absolute Gasteiger partial charge is 0 e. The summed E-state index contributed by atoms with van der Waals surface area (Å²) >= 11 is 0.